The quantitative estimate of drug-likeness (QED) is 0.658. The molecule has 0 bridgehead atoms. The molecule has 0 saturated heterocycles. The van der Waals surface area contributed by atoms with Crippen molar-refractivity contribution in [3.05, 3.63) is 29.3 Å². The molecular weight excluding hydrogens is 330 g/mol. The van der Waals surface area contributed by atoms with Gasteiger partial charge in [0.25, 0.3) is 0 Å². The maximum Gasteiger partial charge on any atom is 0.416 e. The van der Waals surface area contributed by atoms with Gasteiger partial charge in [0.2, 0.25) is 6.17 Å². The first-order chi connectivity index (χ1) is 9.72. The molecule has 0 heterocycles. The molecular formula is C13H16ClF4NO3. The lowest BCUT2D eigenvalue weighted by Crippen LogP contribution is -2.33. The van der Waals surface area contributed by atoms with Gasteiger partial charge in [0, 0.05) is 0 Å². The van der Waals surface area contributed by atoms with E-state index in [0.29, 0.717) is 6.07 Å². The smallest absolute Gasteiger partial charge is 0.416 e. The maximum absolute atomic E-state index is 13.8. The van der Waals surface area contributed by atoms with Crippen LogP contribution in [-0.2, 0) is 15.7 Å². The number of methoxy groups -OCH3 is 1. The predicted molar refractivity (Wildman–Crippen MR) is 73.7 cm³/mol. The fourth-order valence-corrected chi connectivity index (χ4v) is 1.72. The summed E-state index contributed by atoms with van der Waals surface area (Å²) in [7, 11) is 1.20. The molecule has 0 aliphatic heterocycles. The summed E-state index contributed by atoms with van der Waals surface area (Å²) >= 11 is 0. The summed E-state index contributed by atoms with van der Waals surface area (Å²) < 4.78 is 61.9. The zero-order valence-corrected chi connectivity index (χ0v) is 12.6. The molecule has 2 N–H and O–H groups in total. The summed E-state index contributed by atoms with van der Waals surface area (Å²) in [6.45, 7) is 1.35. The van der Waals surface area contributed by atoms with Gasteiger partial charge >= 0.3 is 12.1 Å². The molecule has 0 radical (unpaired) electrons. The Bertz CT molecular complexity index is 511. The van der Waals surface area contributed by atoms with Crippen molar-refractivity contribution in [1.29, 1.82) is 0 Å². The van der Waals surface area contributed by atoms with Gasteiger partial charge in [-0.3, -0.25) is 0 Å². The second kappa shape index (κ2) is 8.19. The Kier molecular flexibility index (Phi) is 7.61. The number of hydrogen-bond acceptors (Lipinski definition) is 4. The lowest BCUT2D eigenvalue weighted by molar-refractivity contribution is -0.150. The number of esters is 1. The number of nitrogens with two attached hydrogens (primary N) is 1. The molecule has 0 fully saturated rings. The summed E-state index contributed by atoms with van der Waals surface area (Å²) in [5.74, 6) is -1.35. The molecule has 0 saturated carbocycles. The Balaban J connectivity index is 0.00000441. The van der Waals surface area contributed by atoms with Gasteiger partial charge in [-0.1, -0.05) is 6.07 Å². The molecule has 1 rings (SSSR count). The van der Waals surface area contributed by atoms with E-state index in [1.807, 2.05) is 0 Å². The van der Waals surface area contributed by atoms with Crippen molar-refractivity contribution >= 4 is 18.4 Å². The fraction of sp³-hybridized carbons (Fsp3) is 0.462. The molecule has 2 atom stereocenters. The molecule has 1 aromatic rings. The van der Waals surface area contributed by atoms with Gasteiger partial charge in [0.15, 0.2) is 0 Å². The lowest BCUT2D eigenvalue weighted by atomic mass is 9.97. The average molecular weight is 346 g/mol. The van der Waals surface area contributed by atoms with Crippen LogP contribution in [0.5, 0.6) is 5.75 Å². The van der Waals surface area contributed by atoms with Gasteiger partial charge in [-0.15, -0.1) is 12.4 Å². The predicted octanol–water partition coefficient (Wildman–Crippen LogP) is 3.04. The molecule has 0 aliphatic carbocycles. The van der Waals surface area contributed by atoms with E-state index in [4.69, 9.17) is 10.5 Å². The Hall–Kier alpha value is -1.54. The topological polar surface area (TPSA) is 61.5 Å². The van der Waals surface area contributed by atoms with Crippen molar-refractivity contribution < 1.29 is 31.8 Å². The molecule has 126 valence electrons. The number of benzene rings is 1. The molecule has 0 spiro atoms. The van der Waals surface area contributed by atoms with Gasteiger partial charge in [-0.25, -0.2) is 9.18 Å². The molecule has 0 amide bonds. The maximum atomic E-state index is 13.8. The number of halogens is 5. The molecule has 0 aliphatic rings. The van der Waals surface area contributed by atoms with Crippen molar-refractivity contribution in [2.75, 3.05) is 13.7 Å². The first kappa shape index (κ1) is 20.5. The summed E-state index contributed by atoms with van der Waals surface area (Å²) in [4.78, 5) is 11.3. The van der Waals surface area contributed by atoms with Gasteiger partial charge in [0.1, 0.15) is 5.75 Å². The largest absolute Gasteiger partial charge is 0.497 e. The van der Waals surface area contributed by atoms with E-state index in [1.165, 1.54) is 20.1 Å². The van der Waals surface area contributed by atoms with Crippen LogP contribution in [-0.4, -0.2) is 25.9 Å². The number of rotatable bonds is 5. The van der Waals surface area contributed by atoms with Crippen molar-refractivity contribution in [2.24, 2.45) is 5.73 Å². The Morgan fingerprint density at radius 3 is 2.41 bits per heavy atom. The van der Waals surface area contributed by atoms with E-state index >= 15 is 0 Å². The molecule has 4 nitrogen and oxygen atoms in total. The highest BCUT2D eigenvalue weighted by molar-refractivity contribution is 5.85. The van der Waals surface area contributed by atoms with E-state index < -0.39 is 35.5 Å². The van der Waals surface area contributed by atoms with Crippen LogP contribution in [0.25, 0.3) is 0 Å². The first-order valence-electron chi connectivity index (χ1n) is 6.03. The summed E-state index contributed by atoms with van der Waals surface area (Å²) in [6.07, 6.45) is -7.14. The third-order valence-corrected chi connectivity index (χ3v) is 2.75. The van der Waals surface area contributed by atoms with Crippen LogP contribution in [0.2, 0.25) is 0 Å². The van der Waals surface area contributed by atoms with Gasteiger partial charge in [-0.05, 0) is 24.6 Å². The van der Waals surface area contributed by atoms with Crippen LogP contribution < -0.4 is 10.5 Å². The van der Waals surface area contributed by atoms with Crippen LogP contribution in [0, 0.1) is 0 Å². The Morgan fingerprint density at radius 2 is 1.95 bits per heavy atom. The number of ether oxygens (including phenoxy) is 2. The normalized spacial score (nSPS) is 13.8. The van der Waals surface area contributed by atoms with Crippen molar-refractivity contribution in [1.82, 2.24) is 0 Å². The zero-order valence-electron chi connectivity index (χ0n) is 11.8. The van der Waals surface area contributed by atoms with E-state index in [2.05, 4.69) is 4.74 Å². The second-order valence-corrected chi connectivity index (χ2v) is 4.13. The first-order valence-corrected chi connectivity index (χ1v) is 6.03. The monoisotopic (exact) mass is 345 g/mol. The standard InChI is InChI=1S/C13H15F4NO3.ClH/c1-3-21-12(19)10(14)11(18)8-5-4-7(20-2)6-9(8)13(15,16)17;/h4-6,10-11H,3,18H2,1-2H3;1H/t10?,11-;/m1./s1. The van der Waals surface area contributed by atoms with Gasteiger partial charge in [-0.2, -0.15) is 13.2 Å². The fourth-order valence-electron chi connectivity index (χ4n) is 1.72. The minimum Gasteiger partial charge on any atom is -0.497 e. The molecule has 0 aromatic heterocycles. The van der Waals surface area contributed by atoms with Crippen molar-refractivity contribution in [2.45, 2.75) is 25.3 Å². The molecule has 1 aromatic carbocycles. The number of carbonyl (C=O) groups excluding carboxylic acids is 1. The van der Waals surface area contributed by atoms with E-state index in [0.717, 1.165) is 6.07 Å². The molecule has 22 heavy (non-hydrogen) atoms. The highest BCUT2D eigenvalue weighted by Crippen LogP contribution is 2.37. The van der Waals surface area contributed by atoms with E-state index in [9.17, 15) is 22.4 Å². The number of carbonyl (C=O) groups is 1. The van der Waals surface area contributed by atoms with Crippen LogP contribution >= 0.6 is 12.4 Å². The minimum atomic E-state index is -4.75. The van der Waals surface area contributed by atoms with Crippen LogP contribution in [0.1, 0.15) is 24.1 Å². The Morgan fingerprint density at radius 1 is 1.36 bits per heavy atom. The third-order valence-electron chi connectivity index (χ3n) is 2.75. The summed E-state index contributed by atoms with van der Waals surface area (Å²) in [5, 5.41) is 0. The minimum absolute atomic E-state index is 0. The SMILES string of the molecule is CCOC(=O)C(F)[C@H](N)c1ccc(OC)cc1C(F)(F)F.Cl. The highest BCUT2D eigenvalue weighted by atomic mass is 35.5. The van der Waals surface area contributed by atoms with Crippen molar-refractivity contribution in [3.8, 4) is 5.75 Å². The Labute approximate surface area is 131 Å². The van der Waals surface area contributed by atoms with Crippen molar-refractivity contribution in [3.63, 3.8) is 0 Å². The number of hydrogen-bond donors (Lipinski definition) is 1. The van der Waals surface area contributed by atoms with Crippen LogP contribution in [0.15, 0.2) is 18.2 Å². The molecule has 1 unspecified atom stereocenters. The molecule has 9 heteroatoms. The van der Waals surface area contributed by atoms with E-state index in [-0.39, 0.29) is 24.8 Å². The highest BCUT2D eigenvalue weighted by Gasteiger charge is 2.38. The second-order valence-electron chi connectivity index (χ2n) is 4.13. The number of alkyl halides is 4. The lowest BCUT2D eigenvalue weighted by Gasteiger charge is -2.21. The van der Waals surface area contributed by atoms with Crippen LogP contribution in [0.4, 0.5) is 17.6 Å². The summed E-state index contributed by atoms with van der Waals surface area (Å²) in [5.41, 5.74) is 3.75. The average Bonchev–Trinajstić information content (AvgIpc) is 2.44. The van der Waals surface area contributed by atoms with Gasteiger partial charge < -0.3 is 15.2 Å². The third kappa shape index (κ3) is 4.74. The van der Waals surface area contributed by atoms with Gasteiger partial charge in [0.05, 0.1) is 25.3 Å². The van der Waals surface area contributed by atoms with Crippen LogP contribution in [0.3, 0.4) is 0 Å². The van der Waals surface area contributed by atoms with E-state index in [1.54, 1.807) is 0 Å². The zero-order chi connectivity index (χ0) is 16.2. The summed E-state index contributed by atoms with van der Waals surface area (Å²) in [6, 6.07) is 1.11.